The van der Waals surface area contributed by atoms with Crippen LogP contribution in [0.5, 0.6) is 0 Å². The van der Waals surface area contributed by atoms with E-state index < -0.39 is 7.32 Å². The first-order valence-corrected chi connectivity index (χ1v) is 12.9. The molecule has 4 nitrogen and oxygen atoms in total. The van der Waals surface area contributed by atoms with Crippen LogP contribution in [0.2, 0.25) is 0 Å². The Morgan fingerprint density at radius 1 is 0.448 bits per heavy atom. The molecule has 0 aromatic rings. The third-order valence-corrected chi connectivity index (χ3v) is 6.31. The van der Waals surface area contributed by atoms with Crippen LogP contribution in [0, 0.1) is 0 Å². The van der Waals surface area contributed by atoms with Crippen molar-refractivity contribution in [3.8, 4) is 0 Å². The molecule has 0 aliphatic carbocycles. The predicted molar refractivity (Wildman–Crippen MR) is 129 cm³/mol. The van der Waals surface area contributed by atoms with Crippen molar-refractivity contribution >= 4 is 7.32 Å². The van der Waals surface area contributed by atoms with E-state index in [0.717, 1.165) is 0 Å². The zero-order chi connectivity index (χ0) is 22.2. The Morgan fingerprint density at radius 3 is 0.931 bits per heavy atom. The molecule has 0 heterocycles. The van der Waals surface area contributed by atoms with E-state index in [1.807, 2.05) is 0 Å². The van der Waals surface area contributed by atoms with Gasteiger partial charge in [0.15, 0.2) is 0 Å². The topological polar surface area (TPSA) is 60.7 Å². The maximum atomic E-state index is 7.17. The molecule has 176 valence electrons. The Hall–Kier alpha value is -0.0951. The second kappa shape index (κ2) is 24.2. The third kappa shape index (κ3) is 24.0. The molecule has 0 amide bonds. The first-order valence-electron chi connectivity index (χ1n) is 12.9. The van der Waals surface area contributed by atoms with Gasteiger partial charge in [-0.05, 0) is 39.5 Å². The minimum absolute atomic E-state index is 1.34. The highest BCUT2D eigenvalue weighted by molar-refractivity contribution is 6.30. The van der Waals surface area contributed by atoms with Crippen LogP contribution in [0.4, 0.5) is 0 Å². The van der Waals surface area contributed by atoms with Crippen LogP contribution in [-0.4, -0.2) is 53.1 Å². The van der Waals surface area contributed by atoms with Crippen LogP contribution in [0.15, 0.2) is 0 Å². The summed E-state index contributed by atoms with van der Waals surface area (Å²) >= 11 is 0. The molecule has 0 bridgehead atoms. The second-order valence-electron chi connectivity index (χ2n) is 8.72. The van der Waals surface area contributed by atoms with Gasteiger partial charge in [0, 0.05) is 0 Å². The van der Waals surface area contributed by atoms with E-state index in [2.05, 4.69) is 27.7 Å². The van der Waals surface area contributed by atoms with Gasteiger partial charge in [0.1, 0.15) is 0 Å². The largest absolute Gasteiger partial charge is 0.631 e. The van der Waals surface area contributed by atoms with E-state index in [0.29, 0.717) is 0 Å². The second-order valence-corrected chi connectivity index (χ2v) is 8.72. The van der Waals surface area contributed by atoms with E-state index in [1.54, 1.807) is 0 Å². The molecular formula is C24H55BNO3+. The minimum Gasteiger partial charge on any atom is -0.402 e. The predicted octanol–water partition coefficient (Wildman–Crippen LogP) is 6.07. The summed E-state index contributed by atoms with van der Waals surface area (Å²) < 4.78 is 1.38. The highest BCUT2D eigenvalue weighted by atomic mass is 16.5. The van der Waals surface area contributed by atoms with E-state index in [-0.39, 0.29) is 0 Å². The highest BCUT2D eigenvalue weighted by Crippen LogP contribution is 2.16. The molecule has 29 heavy (non-hydrogen) atoms. The van der Waals surface area contributed by atoms with Crippen molar-refractivity contribution < 1.29 is 19.6 Å². The van der Waals surface area contributed by atoms with Crippen molar-refractivity contribution in [2.75, 3.05) is 26.2 Å². The van der Waals surface area contributed by atoms with Gasteiger partial charge in [0.25, 0.3) is 0 Å². The van der Waals surface area contributed by atoms with Gasteiger partial charge in [-0.1, -0.05) is 90.9 Å². The molecule has 3 N–H and O–H groups in total. The van der Waals surface area contributed by atoms with E-state index >= 15 is 0 Å². The van der Waals surface area contributed by atoms with Gasteiger partial charge in [0.05, 0.1) is 26.2 Å². The van der Waals surface area contributed by atoms with Gasteiger partial charge in [-0.2, -0.15) is 0 Å². The molecule has 0 aliphatic rings. The normalized spacial score (nSPS) is 11.3. The van der Waals surface area contributed by atoms with Crippen molar-refractivity contribution in [1.29, 1.82) is 0 Å². The number of hydrogen-bond acceptors (Lipinski definition) is 3. The molecule has 0 atom stereocenters. The van der Waals surface area contributed by atoms with Crippen molar-refractivity contribution in [3.63, 3.8) is 0 Å². The van der Waals surface area contributed by atoms with Gasteiger partial charge in [-0.25, -0.2) is 0 Å². The Kier molecular flexibility index (Phi) is 25.9. The summed E-state index contributed by atoms with van der Waals surface area (Å²) in [5.74, 6) is 0. The molecule has 0 aromatic heterocycles. The third-order valence-electron chi connectivity index (χ3n) is 6.31. The fourth-order valence-corrected chi connectivity index (χ4v) is 4.13. The lowest BCUT2D eigenvalue weighted by Crippen LogP contribution is -2.49. The number of rotatable bonds is 20. The van der Waals surface area contributed by atoms with Gasteiger partial charge in [0.2, 0.25) is 0 Å². The maximum absolute atomic E-state index is 7.17. The van der Waals surface area contributed by atoms with Crippen molar-refractivity contribution in [2.45, 2.75) is 130 Å². The average Bonchev–Trinajstić information content (AvgIpc) is 2.70. The van der Waals surface area contributed by atoms with Crippen LogP contribution in [0.3, 0.4) is 0 Å². The molecule has 0 radical (unpaired) electrons. The quantitative estimate of drug-likeness (QED) is 0.128. The Balaban J connectivity index is 0. The molecule has 0 fully saturated rings. The van der Waals surface area contributed by atoms with Crippen molar-refractivity contribution in [2.24, 2.45) is 0 Å². The molecule has 0 aromatic carbocycles. The lowest BCUT2D eigenvalue weighted by molar-refractivity contribution is -0.925. The Labute approximate surface area is 183 Å². The van der Waals surface area contributed by atoms with Gasteiger partial charge in [-0.3, -0.25) is 0 Å². The summed E-state index contributed by atoms with van der Waals surface area (Å²) in [6, 6.07) is 0. The lowest BCUT2D eigenvalue weighted by Gasteiger charge is -2.37. The zero-order valence-corrected chi connectivity index (χ0v) is 20.5. The lowest BCUT2D eigenvalue weighted by atomic mass is 10.1. The molecule has 0 saturated carbocycles. The monoisotopic (exact) mass is 416 g/mol. The summed E-state index contributed by atoms with van der Waals surface area (Å²) in [6.45, 7) is 15.0. The van der Waals surface area contributed by atoms with Gasteiger partial charge >= 0.3 is 7.32 Å². The van der Waals surface area contributed by atoms with Gasteiger partial charge < -0.3 is 19.6 Å². The van der Waals surface area contributed by atoms with Crippen LogP contribution in [-0.2, 0) is 0 Å². The average molecular weight is 417 g/mol. The first-order chi connectivity index (χ1) is 14.0. The summed E-state index contributed by atoms with van der Waals surface area (Å²) in [5, 5.41) is 21.5. The fraction of sp³-hybridized carbons (Fsp3) is 1.00. The Morgan fingerprint density at radius 2 is 0.690 bits per heavy atom. The minimum atomic E-state index is -2.17. The SMILES string of the molecule is CCCCCCCCCC[N+](CC)(CC)CCCCCCCCCC.OB(O)O. The molecule has 0 spiro atoms. The van der Waals surface area contributed by atoms with E-state index in [1.165, 1.54) is 133 Å². The zero-order valence-electron chi connectivity index (χ0n) is 20.5. The number of nitrogens with zero attached hydrogens (tertiary/aromatic N) is 1. The molecule has 5 heteroatoms. The van der Waals surface area contributed by atoms with E-state index in [4.69, 9.17) is 15.1 Å². The smallest absolute Gasteiger partial charge is 0.402 e. The molecule has 0 rings (SSSR count). The molecule has 0 saturated heterocycles. The van der Waals surface area contributed by atoms with Gasteiger partial charge in [-0.15, -0.1) is 0 Å². The van der Waals surface area contributed by atoms with Crippen LogP contribution in [0.1, 0.15) is 130 Å². The van der Waals surface area contributed by atoms with Crippen molar-refractivity contribution in [1.82, 2.24) is 0 Å². The molecule has 0 aliphatic heterocycles. The number of hydrogen-bond donors (Lipinski definition) is 3. The molecular weight excluding hydrogens is 361 g/mol. The van der Waals surface area contributed by atoms with E-state index in [9.17, 15) is 0 Å². The van der Waals surface area contributed by atoms with Crippen LogP contribution < -0.4 is 0 Å². The number of quaternary nitrogens is 1. The number of unbranched alkanes of at least 4 members (excludes halogenated alkanes) is 14. The molecule has 0 unspecified atom stereocenters. The van der Waals surface area contributed by atoms with Crippen LogP contribution >= 0.6 is 0 Å². The Bertz CT molecular complexity index is 275. The highest BCUT2D eigenvalue weighted by Gasteiger charge is 2.21. The summed E-state index contributed by atoms with van der Waals surface area (Å²) in [4.78, 5) is 0. The fourth-order valence-electron chi connectivity index (χ4n) is 4.13. The first kappa shape index (κ1) is 31.1. The van der Waals surface area contributed by atoms with Crippen molar-refractivity contribution in [3.05, 3.63) is 0 Å². The standard InChI is InChI=1S/C24H52N.BH3O3/c1-5-9-11-13-15-17-19-21-23-25(7-3,8-4)24-22-20-18-16-14-12-10-6-2;2-1(3)4/h5-24H2,1-4H3;2-4H/q+1;. The summed E-state index contributed by atoms with van der Waals surface area (Å²) in [7, 11) is -2.17. The maximum Gasteiger partial charge on any atom is 0.631 e. The van der Waals surface area contributed by atoms with Crippen LogP contribution in [0.25, 0.3) is 0 Å². The summed E-state index contributed by atoms with van der Waals surface area (Å²) in [6.07, 6.45) is 23.1. The summed E-state index contributed by atoms with van der Waals surface area (Å²) in [5.41, 5.74) is 0.